The van der Waals surface area contributed by atoms with Crippen LogP contribution in [0.2, 0.25) is 0 Å². The van der Waals surface area contributed by atoms with E-state index in [1.165, 1.54) is 0 Å². The predicted molar refractivity (Wildman–Crippen MR) is 94.0 cm³/mol. The van der Waals surface area contributed by atoms with Gasteiger partial charge in [0, 0.05) is 19.7 Å². The maximum Gasteiger partial charge on any atom is 0.243 e. The molecule has 9 heteroatoms. The zero-order valence-corrected chi connectivity index (χ0v) is 15.3. The molecule has 4 atom stereocenters. The van der Waals surface area contributed by atoms with Crippen molar-refractivity contribution in [1.29, 1.82) is 0 Å². The highest BCUT2D eigenvalue weighted by Crippen LogP contribution is 2.40. The Morgan fingerprint density at radius 1 is 1.74 bits per heavy atom. The van der Waals surface area contributed by atoms with E-state index in [0.717, 1.165) is 11.3 Å². The lowest BCUT2D eigenvalue weighted by Crippen LogP contribution is -2.26. The van der Waals surface area contributed by atoms with Gasteiger partial charge >= 0.3 is 0 Å². The van der Waals surface area contributed by atoms with Crippen LogP contribution in [0.25, 0.3) is 5.57 Å². The van der Waals surface area contributed by atoms with Crippen LogP contribution in [0.1, 0.15) is 32.2 Å². The Balaban J connectivity index is 2.28. The van der Waals surface area contributed by atoms with Crippen molar-refractivity contribution in [3.63, 3.8) is 0 Å². The van der Waals surface area contributed by atoms with Gasteiger partial charge in [-0.05, 0) is 19.4 Å². The van der Waals surface area contributed by atoms with Gasteiger partial charge in [-0.25, -0.2) is 9.98 Å². The quantitative estimate of drug-likeness (QED) is 0.459. The minimum absolute atomic E-state index is 0.319. The zero-order valence-electron chi connectivity index (χ0n) is 13.4. The lowest BCUT2D eigenvalue weighted by molar-refractivity contribution is -0.0478. The summed E-state index contributed by atoms with van der Waals surface area (Å²) < 4.78 is 29.7. The van der Waals surface area contributed by atoms with Crippen molar-refractivity contribution in [3.8, 4) is 0 Å². The smallest absolute Gasteiger partial charge is 0.243 e. The standard InChI is InChI=1S/C14H22N3O4PS/c1-5-15-14-13(9(2)3)16-8-17(14)12-6-10(21-22(18)23)11(20-12)7-19-4/h5,8,10-12,22H,2,6-7H2,1,3-4H3,(H,18,23)/b15-5-/t10-,11+,12+/m0/s1. The summed E-state index contributed by atoms with van der Waals surface area (Å²) in [4.78, 5) is 8.74. The molecule has 1 aromatic heterocycles. The Morgan fingerprint density at radius 2 is 2.48 bits per heavy atom. The maximum atomic E-state index is 11.3. The van der Waals surface area contributed by atoms with E-state index in [9.17, 15) is 4.57 Å². The Hall–Kier alpha value is -0.920. The molecule has 1 aromatic rings. The second-order valence-electron chi connectivity index (χ2n) is 5.23. The lowest BCUT2D eigenvalue weighted by Gasteiger charge is -2.16. The molecule has 1 aliphatic rings. The largest absolute Gasteiger partial charge is 0.382 e. The number of nitrogens with zero attached hydrogens (tertiary/aromatic N) is 3. The number of hydrogen-bond acceptors (Lipinski definition) is 6. The van der Waals surface area contributed by atoms with Gasteiger partial charge in [0.15, 0.2) is 5.82 Å². The summed E-state index contributed by atoms with van der Waals surface area (Å²) in [6.07, 6.45) is 2.89. The first-order valence-corrected chi connectivity index (χ1v) is 9.83. The molecule has 128 valence electrons. The van der Waals surface area contributed by atoms with E-state index in [1.54, 1.807) is 19.7 Å². The minimum Gasteiger partial charge on any atom is -0.382 e. The third kappa shape index (κ3) is 4.33. The van der Waals surface area contributed by atoms with E-state index in [1.807, 2.05) is 18.4 Å². The van der Waals surface area contributed by atoms with Crippen molar-refractivity contribution in [1.82, 2.24) is 9.55 Å². The molecule has 2 rings (SSSR count). The van der Waals surface area contributed by atoms with Crippen LogP contribution in [0.3, 0.4) is 0 Å². The van der Waals surface area contributed by atoms with Crippen molar-refractivity contribution < 1.29 is 18.6 Å². The summed E-state index contributed by atoms with van der Waals surface area (Å²) in [6, 6.07) is 0. The van der Waals surface area contributed by atoms with Crippen LogP contribution in [-0.4, -0.2) is 41.7 Å². The van der Waals surface area contributed by atoms with Gasteiger partial charge in [-0.2, -0.15) is 0 Å². The minimum atomic E-state index is -2.36. The average Bonchev–Trinajstić information content (AvgIpc) is 3.04. The fourth-order valence-corrected chi connectivity index (χ4v) is 3.47. The van der Waals surface area contributed by atoms with E-state index < -0.39 is 7.23 Å². The second-order valence-corrected chi connectivity index (χ2v) is 7.10. The van der Waals surface area contributed by atoms with E-state index in [-0.39, 0.29) is 18.4 Å². The van der Waals surface area contributed by atoms with Crippen molar-refractivity contribution >= 4 is 37.1 Å². The van der Waals surface area contributed by atoms with E-state index in [2.05, 4.69) is 28.8 Å². The van der Waals surface area contributed by atoms with Gasteiger partial charge in [-0.3, -0.25) is 9.13 Å². The van der Waals surface area contributed by atoms with Crippen molar-refractivity contribution in [2.75, 3.05) is 13.7 Å². The van der Waals surface area contributed by atoms with E-state index in [0.29, 0.717) is 18.8 Å². The molecule has 2 heterocycles. The third-order valence-corrected chi connectivity index (χ3v) is 4.32. The lowest BCUT2D eigenvalue weighted by atomic mass is 10.2. The van der Waals surface area contributed by atoms with Crippen LogP contribution in [0.5, 0.6) is 0 Å². The van der Waals surface area contributed by atoms with Crippen LogP contribution >= 0.6 is 19.5 Å². The molecule has 7 nitrogen and oxygen atoms in total. The molecule has 23 heavy (non-hydrogen) atoms. The normalized spacial score (nSPS) is 26.0. The Labute approximate surface area is 141 Å². The van der Waals surface area contributed by atoms with Gasteiger partial charge in [0.1, 0.15) is 18.0 Å². The number of ether oxygens (including phenoxy) is 2. The van der Waals surface area contributed by atoms with E-state index in [4.69, 9.17) is 14.0 Å². The molecule has 0 aliphatic carbocycles. The van der Waals surface area contributed by atoms with Crippen LogP contribution < -0.4 is 0 Å². The second kappa shape index (κ2) is 8.26. The highest BCUT2D eigenvalue weighted by atomic mass is 32.7. The van der Waals surface area contributed by atoms with E-state index >= 15 is 0 Å². The number of allylic oxidation sites excluding steroid dienone is 1. The Morgan fingerprint density at radius 3 is 3.04 bits per heavy atom. The summed E-state index contributed by atoms with van der Waals surface area (Å²) in [5.74, 6) is 0.681. The molecule has 0 spiro atoms. The molecule has 1 aliphatic heterocycles. The van der Waals surface area contributed by atoms with Crippen molar-refractivity contribution in [3.05, 3.63) is 18.6 Å². The number of aliphatic imine (C=N–C) groups is 1. The molecule has 1 fully saturated rings. The molecule has 0 amide bonds. The molecule has 0 N–H and O–H groups in total. The van der Waals surface area contributed by atoms with Crippen LogP contribution in [0.15, 0.2) is 17.9 Å². The molecule has 0 saturated carbocycles. The zero-order chi connectivity index (χ0) is 17.0. The van der Waals surface area contributed by atoms with Gasteiger partial charge < -0.3 is 14.0 Å². The number of hydrogen-bond donors (Lipinski definition) is 1. The topological polar surface area (TPSA) is 74.9 Å². The Bertz CT molecular complexity index is 619. The highest BCUT2D eigenvalue weighted by molar-refractivity contribution is 8.39. The van der Waals surface area contributed by atoms with Crippen molar-refractivity contribution in [2.24, 2.45) is 4.99 Å². The monoisotopic (exact) mass is 359 g/mol. The van der Waals surface area contributed by atoms with Crippen molar-refractivity contribution in [2.45, 2.75) is 38.7 Å². The van der Waals surface area contributed by atoms with Gasteiger partial charge in [0.05, 0.1) is 19.0 Å². The molecule has 0 bridgehead atoms. The maximum absolute atomic E-state index is 11.3. The number of thiol groups is 1. The first-order chi connectivity index (χ1) is 11.0. The van der Waals surface area contributed by atoms with Crippen LogP contribution in [-0.2, 0) is 18.6 Å². The molecule has 1 unspecified atom stereocenters. The summed E-state index contributed by atoms with van der Waals surface area (Å²) >= 11 is 3.86. The fourth-order valence-electron chi connectivity index (χ4n) is 2.56. The number of imidazole rings is 1. The number of methoxy groups -OCH3 is 1. The predicted octanol–water partition coefficient (Wildman–Crippen LogP) is 3.28. The summed E-state index contributed by atoms with van der Waals surface area (Å²) in [5, 5.41) is 0. The fraction of sp³-hybridized carbons (Fsp3) is 0.571. The molecule has 1 saturated heterocycles. The van der Waals surface area contributed by atoms with Gasteiger partial charge in [-0.15, -0.1) is 0 Å². The molecular weight excluding hydrogens is 337 g/mol. The van der Waals surface area contributed by atoms with Gasteiger partial charge in [0.2, 0.25) is 7.23 Å². The SMILES string of the molecule is C=C(C)c1ncn([C@H]2C[C@H](O[PH](=O)S)[C@@H](COC)O2)c1/N=C\C. The van der Waals surface area contributed by atoms with Gasteiger partial charge in [-0.1, -0.05) is 18.8 Å². The summed E-state index contributed by atoms with van der Waals surface area (Å²) in [5.41, 5.74) is 1.55. The average molecular weight is 359 g/mol. The Kier molecular flexibility index (Phi) is 6.61. The number of aromatic nitrogens is 2. The summed E-state index contributed by atoms with van der Waals surface area (Å²) in [6.45, 7) is 7.98. The summed E-state index contributed by atoms with van der Waals surface area (Å²) in [7, 11) is -0.776. The van der Waals surface area contributed by atoms with Gasteiger partial charge in [0.25, 0.3) is 0 Å². The number of rotatable bonds is 7. The third-order valence-electron chi connectivity index (χ3n) is 3.50. The van der Waals surface area contributed by atoms with Crippen LogP contribution in [0, 0.1) is 0 Å². The molecule has 0 aromatic carbocycles. The molecular formula is C14H22N3O4PS. The first kappa shape index (κ1) is 18.4. The highest BCUT2D eigenvalue weighted by Gasteiger charge is 2.38. The first-order valence-electron chi connectivity index (χ1n) is 7.23. The molecule has 0 radical (unpaired) electrons. The van der Waals surface area contributed by atoms with Crippen LogP contribution in [0.4, 0.5) is 5.82 Å².